The molecular formula is C18H23N5O2. The van der Waals surface area contributed by atoms with Crippen LogP contribution in [0.2, 0.25) is 0 Å². The van der Waals surface area contributed by atoms with E-state index in [-0.39, 0.29) is 11.9 Å². The van der Waals surface area contributed by atoms with Crippen LogP contribution in [0.15, 0.2) is 36.5 Å². The number of urea groups is 1. The Morgan fingerprint density at radius 2 is 2.04 bits per heavy atom. The summed E-state index contributed by atoms with van der Waals surface area (Å²) in [5, 5.41) is 9.60. The zero-order chi connectivity index (χ0) is 17.6. The Morgan fingerprint density at radius 1 is 1.20 bits per heavy atom. The number of hydrogen-bond donors (Lipinski definition) is 2. The third kappa shape index (κ3) is 4.17. The van der Waals surface area contributed by atoms with Crippen molar-refractivity contribution in [3.05, 3.63) is 47.8 Å². The van der Waals surface area contributed by atoms with Crippen LogP contribution >= 0.6 is 0 Å². The first-order valence-corrected chi connectivity index (χ1v) is 8.52. The monoisotopic (exact) mass is 341 g/mol. The lowest BCUT2D eigenvalue weighted by Crippen LogP contribution is -2.36. The molecule has 1 aromatic carbocycles. The number of hydrogen-bond acceptors (Lipinski definition) is 3. The Bertz CT molecular complexity index is 755. The van der Waals surface area contributed by atoms with Gasteiger partial charge in [-0.05, 0) is 30.5 Å². The highest BCUT2D eigenvalue weighted by Gasteiger charge is 2.23. The second-order valence-electron chi connectivity index (χ2n) is 6.08. The number of para-hydroxylation sites is 1. The van der Waals surface area contributed by atoms with E-state index < -0.39 is 0 Å². The van der Waals surface area contributed by atoms with E-state index in [0.717, 1.165) is 24.3 Å². The second-order valence-corrected chi connectivity index (χ2v) is 6.08. The molecule has 0 aliphatic carbocycles. The van der Waals surface area contributed by atoms with Crippen molar-refractivity contribution in [2.75, 3.05) is 18.0 Å². The summed E-state index contributed by atoms with van der Waals surface area (Å²) in [5.41, 5.74) is 3.18. The van der Waals surface area contributed by atoms with Crippen LogP contribution in [0.25, 0.3) is 0 Å². The molecule has 1 aliphatic heterocycles. The number of aryl methyl sites for hydroxylation is 1. The van der Waals surface area contributed by atoms with Crippen molar-refractivity contribution in [1.29, 1.82) is 0 Å². The highest BCUT2D eigenvalue weighted by atomic mass is 16.2. The SMILES string of the molecule is Cn1nccc1CNC(=O)NCCCC(=O)N1CCc2ccccc21. The summed E-state index contributed by atoms with van der Waals surface area (Å²) in [6.07, 6.45) is 3.65. The van der Waals surface area contributed by atoms with Crippen molar-refractivity contribution in [3.8, 4) is 0 Å². The summed E-state index contributed by atoms with van der Waals surface area (Å²) in [6, 6.07) is 9.63. The average molecular weight is 341 g/mol. The second kappa shape index (κ2) is 7.83. The molecule has 1 aromatic heterocycles. The maximum atomic E-state index is 12.4. The molecule has 25 heavy (non-hydrogen) atoms. The van der Waals surface area contributed by atoms with Crippen LogP contribution < -0.4 is 15.5 Å². The predicted octanol–water partition coefficient (Wildman–Crippen LogP) is 1.59. The Hall–Kier alpha value is -2.83. The van der Waals surface area contributed by atoms with E-state index in [1.807, 2.05) is 36.2 Å². The molecule has 2 aromatic rings. The summed E-state index contributed by atoms with van der Waals surface area (Å²) in [6.45, 7) is 1.64. The fourth-order valence-corrected chi connectivity index (χ4v) is 2.98. The van der Waals surface area contributed by atoms with Gasteiger partial charge in [0.15, 0.2) is 0 Å². The first-order valence-electron chi connectivity index (χ1n) is 8.52. The molecule has 1 aliphatic rings. The van der Waals surface area contributed by atoms with E-state index in [1.165, 1.54) is 5.56 Å². The quantitative estimate of drug-likeness (QED) is 0.783. The average Bonchev–Trinajstić information content (AvgIpc) is 3.22. The summed E-state index contributed by atoms with van der Waals surface area (Å²) in [7, 11) is 1.83. The maximum absolute atomic E-state index is 12.4. The summed E-state index contributed by atoms with van der Waals surface area (Å²) >= 11 is 0. The van der Waals surface area contributed by atoms with Gasteiger partial charge in [0, 0.05) is 38.4 Å². The van der Waals surface area contributed by atoms with Gasteiger partial charge in [-0.15, -0.1) is 0 Å². The van der Waals surface area contributed by atoms with Gasteiger partial charge in [0.2, 0.25) is 5.91 Å². The number of anilines is 1. The van der Waals surface area contributed by atoms with E-state index in [4.69, 9.17) is 0 Å². The van der Waals surface area contributed by atoms with Crippen molar-refractivity contribution < 1.29 is 9.59 Å². The Labute approximate surface area is 147 Å². The summed E-state index contributed by atoms with van der Waals surface area (Å²) < 4.78 is 1.72. The Kier molecular flexibility index (Phi) is 5.33. The molecule has 2 N–H and O–H groups in total. The molecule has 7 nitrogen and oxygen atoms in total. The van der Waals surface area contributed by atoms with E-state index in [2.05, 4.69) is 21.8 Å². The Balaban J connectivity index is 1.35. The molecular weight excluding hydrogens is 318 g/mol. The van der Waals surface area contributed by atoms with Gasteiger partial charge >= 0.3 is 6.03 Å². The number of nitrogens with zero attached hydrogens (tertiary/aromatic N) is 3. The number of amides is 3. The smallest absolute Gasteiger partial charge is 0.315 e. The molecule has 132 valence electrons. The standard InChI is InChI=1S/C18H23N5O2/c1-22-15(8-11-21-22)13-20-18(25)19-10-4-7-17(24)23-12-9-14-5-2-3-6-16(14)23/h2-3,5-6,8,11H,4,7,9-10,12-13H2,1H3,(H2,19,20,25). The van der Waals surface area contributed by atoms with Crippen LogP contribution in [-0.2, 0) is 24.8 Å². The number of aromatic nitrogens is 2. The van der Waals surface area contributed by atoms with Crippen LogP contribution in [0, 0.1) is 0 Å². The van der Waals surface area contributed by atoms with Crippen LogP contribution in [0.5, 0.6) is 0 Å². The van der Waals surface area contributed by atoms with Gasteiger partial charge in [-0.1, -0.05) is 18.2 Å². The van der Waals surface area contributed by atoms with E-state index in [1.54, 1.807) is 10.9 Å². The topological polar surface area (TPSA) is 79.3 Å². The maximum Gasteiger partial charge on any atom is 0.315 e. The van der Waals surface area contributed by atoms with Crippen LogP contribution in [0.1, 0.15) is 24.1 Å². The first kappa shape index (κ1) is 17.0. The fraction of sp³-hybridized carbons (Fsp3) is 0.389. The Morgan fingerprint density at radius 3 is 2.84 bits per heavy atom. The largest absolute Gasteiger partial charge is 0.338 e. The third-order valence-corrected chi connectivity index (χ3v) is 4.39. The molecule has 0 saturated heterocycles. The van der Waals surface area contributed by atoms with Crippen molar-refractivity contribution in [3.63, 3.8) is 0 Å². The first-order chi connectivity index (χ1) is 12.1. The number of carbonyl (C=O) groups excluding carboxylic acids is 2. The highest BCUT2D eigenvalue weighted by Crippen LogP contribution is 2.27. The number of fused-ring (bicyclic) bond motifs is 1. The number of rotatable bonds is 6. The van der Waals surface area contributed by atoms with E-state index >= 15 is 0 Å². The van der Waals surface area contributed by atoms with Crippen LogP contribution in [0.3, 0.4) is 0 Å². The zero-order valence-electron chi connectivity index (χ0n) is 14.4. The lowest BCUT2D eigenvalue weighted by atomic mass is 10.2. The minimum absolute atomic E-state index is 0.113. The van der Waals surface area contributed by atoms with Gasteiger partial charge < -0.3 is 15.5 Å². The van der Waals surface area contributed by atoms with Gasteiger partial charge in [-0.25, -0.2) is 4.79 Å². The molecule has 2 heterocycles. The van der Waals surface area contributed by atoms with E-state index in [0.29, 0.717) is 25.9 Å². The normalized spacial score (nSPS) is 12.8. The third-order valence-electron chi connectivity index (χ3n) is 4.39. The summed E-state index contributed by atoms with van der Waals surface area (Å²) in [4.78, 5) is 26.0. The molecule has 0 atom stereocenters. The zero-order valence-corrected chi connectivity index (χ0v) is 14.4. The molecule has 0 spiro atoms. The van der Waals surface area contributed by atoms with Gasteiger partial charge in [0.25, 0.3) is 0 Å². The molecule has 0 fully saturated rings. The molecule has 3 rings (SSSR count). The number of nitrogens with one attached hydrogen (secondary N) is 2. The molecule has 0 saturated carbocycles. The van der Waals surface area contributed by atoms with Gasteiger partial charge in [0.05, 0.1) is 12.2 Å². The molecule has 0 unspecified atom stereocenters. The predicted molar refractivity (Wildman–Crippen MR) is 95.2 cm³/mol. The van der Waals surface area contributed by atoms with Crippen molar-refractivity contribution in [2.24, 2.45) is 7.05 Å². The minimum Gasteiger partial charge on any atom is -0.338 e. The van der Waals surface area contributed by atoms with Crippen LogP contribution in [-0.4, -0.2) is 34.8 Å². The van der Waals surface area contributed by atoms with Crippen molar-refractivity contribution >= 4 is 17.6 Å². The summed E-state index contributed by atoms with van der Waals surface area (Å²) in [5.74, 6) is 0.113. The molecule has 3 amide bonds. The van der Waals surface area contributed by atoms with Gasteiger partial charge in [0.1, 0.15) is 0 Å². The lowest BCUT2D eigenvalue weighted by molar-refractivity contribution is -0.118. The fourth-order valence-electron chi connectivity index (χ4n) is 2.98. The highest BCUT2D eigenvalue weighted by molar-refractivity contribution is 5.95. The van der Waals surface area contributed by atoms with E-state index in [9.17, 15) is 9.59 Å². The molecule has 7 heteroatoms. The molecule has 0 bridgehead atoms. The van der Waals surface area contributed by atoms with Gasteiger partial charge in [-0.2, -0.15) is 5.10 Å². The van der Waals surface area contributed by atoms with Crippen LogP contribution in [0.4, 0.5) is 10.5 Å². The minimum atomic E-state index is -0.236. The van der Waals surface area contributed by atoms with Crippen molar-refractivity contribution in [1.82, 2.24) is 20.4 Å². The number of carbonyl (C=O) groups is 2. The lowest BCUT2D eigenvalue weighted by Gasteiger charge is -2.17. The number of benzene rings is 1. The molecule has 0 radical (unpaired) electrons. The van der Waals surface area contributed by atoms with Gasteiger partial charge in [-0.3, -0.25) is 9.48 Å². The van der Waals surface area contributed by atoms with Crippen molar-refractivity contribution in [2.45, 2.75) is 25.8 Å².